The zero-order valence-corrected chi connectivity index (χ0v) is 15.5. The zero-order valence-electron chi connectivity index (χ0n) is 14.7. The Kier molecular flexibility index (Phi) is 3.73. The largest absolute Gasteiger partial charge is 0.360 e. The van der Waals surface area contributed by atoms with E-state index in [1.165, 1.54) is 23.5 Å². The van der Waals surface area contributed by atoms with Gasteiger partial charge in [-0.25, -0.2) is 9.37 Å². The standard InChI is InChI=1S/C20H14FN5OS/c1-11-8-18(24-19(27)14-10-22-15-5-3-2-4-13(14)15)26(25-11)20-23-16-7-6-12(21)9-17(16)28-20/h2-10,22H,1H3,(H,24,27). The molecule has 5 aromatic rings. The molecular formula is C20H14FN5OS. The van der Waals surface area contributed by atoms with Crippen molar-refractivity contribution in [3.63, 3.8) is 0 Å². The van der Waals surface area contributed by atoms with E-state index < -0.39 is 0 Å². The summed E-state index contributed by atoms with van der Waals surface area (Å²) in [6.07, 6.45) is 1.69. The summed E-state index contributed by atoms with van der Waals surface area (Å²) in [7, 11) is 0. The molecule has 0 fully saturated rings. The molecular weight excluding hydrogens is 377 g/mol. The molecule has 0 spiro atoms. The molecule has 8 heteroatoms. The van der Waals surface area contributed by atoms with Crippen molar-refractivity contribution in [3.8, 4) is 5.13 Å². The number of carbonyl (C=O) groups excluding carboxylic acids is 1. The summed E-state index contributed by atoms with van der Waals surface area (Å²) in [5.41, 5.74) is 2.86. The van der Waals surface area contributed by atoms with Crippen LogP contribution in [0, 0.1) is 12.7 Å². The molecule has 5 rings (SSSR count). The van der Waals surface area contributed by atoms with Gasteiger partial charge in [0.1, 0.15) is 11.6 Å². The first-order valence-corrected chi connectivity index (χ1v) is 9.41. The van der Waals surface area contributed by atoms with E-state index in [-0.39, 0.29) is 11.7 Å². The maximum absolute atomic E-state index is 13.5. The van der Waals surface area contributed by atoms with Crippen LogP contribution in [0.5, 0.6) is 0 Å². The van der Waals surface area contributed by atoms with Crippen molar-refractivity contribution in [1.82, 2.24) is 19.7 Å². The van der Waals surface area contributed by atoms with Gasteiger partial charge in [-0.2, -0.15) is 9.78 Å². The van der Waals surface area contributed by atoms with Crippen LogP contribution in [0.2, 0.25) is 0 Å². The van der Waals surface area contributed by atoms with E-state index in [1.807, 2.05) is 31.2 Å². The lowest BCUT2D eigenvalue weighted by molar-refractivity contribution is 0.102. The number of carbonyl (C=O) groups is 1. The molecule has 0 saturated heterocycles. The van der Waals surface area contributed by atoms with Crippen molar-refractivity contribution in [2.45, 2.75) is 6.92 Å². The van der Waals surface area contributed by atoms with Crippen LogP contribution in [-0.2, 0) is 0 Å². The molecule has 28 heavy (non-hydrogen) atoms. The van der Waals surface area contributed by atoms with Crippen molar-refractivity contribution >= 4 is 44.2 Å². The van der Waals surface area contributed by atoms with E-state index in [2.05, 4.69) is 20.4 Å². The van der Waals surface area contributed by atoms with E-state index in [0.717, 1.165) is 21.3 Å². The van der Waals surface area contributed by atoms with Crippen LogP contribution in [0.1, 0.15) is 16.1 Å². The quantitative estimate of drug-likeness (QED) is 0.470. The maximum Gasteiger partial charge on any atom is 0.258 e. The Balaban J connectivity index is 1.53. The molecule has 2 aromatic carbocycles. The fourth-order valence-electron chi connectivity index (χ4n) is 3.15. The van der Waals surface area contributed by atoms with Crippen molar-refractivity contribution in [2.75, 3.05) is 5.32 Å². The number of aromatic nitrogens is 4. The van der Waals surface area contributed by atoms with Crippen LogP contribution in [0.25, 0.3) is 26.3 Å². The summed E-state index contributed by atoms with van der Waals surface area (Å²) in [5, 5.41) is 8.76. The van der Waals surface area contributed by atoms with Crippen LogP contribution < -0.4 is 5.32 Å². The molecule has 3 aromatic heterocycles. The number of anilines is 1. The number of nitrogens with one attached hydrogen (secondary N) is 2. The highest BCUT2D eigenvalue weighted by molar-refractivity contribution is 7.20. The van der Waals surface area contributed by atoms with Crippen molar-refractivity contribution in [3.05, 3.63) is 71.8 Å². The normalized spacial score (nSPS) is 11.4. The number of para-hydroxylation sites is 1. The third-order valence-corrected chi connectivity index (χ3v) is 5.42. The second-order valence-corrected chi connectivity index (χ2v) is 7.40. The first kappa shape index (κ1) is 16.6. The van der Waals surface area contributed by atoms with E-state index in [1.54, 1.807) is 23.0 Å². The molecule has 0 atom stereocenters. The van der Waals surface area contributed by atoms with Gasteiger partial charge in [0.15, 0.2) is 0 Å². The maximum atomic E-state index is 13.5. The summed E-state index contributed by atoms with van der Waals surface area (Å²) < 4.78 is 15.8. The number of thiazole rings is 1. The lowest BCUT2D eigenvalue weighted by Gasteiger charge is -2.06. The van der Waals surface area contributed by atoms with Gasteiger partial charge >= 0.3 is 0 Å². The van der Waals surface area contributed by atoms with Gasteiger partial charge in [-0.05, 0) is 31.2 Å². The summed E-state index contributed by atoms with van der Waals surface area (Å²) in [4.78, 5) is 20.5. The number of benzene rings is 2. The third kappa shape index (κ3) is 2.74. The molecule has 6 nitrogen and oxygen atoms in total. The molecule has 0 unspecified atom stereocenters. The second kappa shape index (κ2) is 6.28. The van der Waals surface area contributed by atoms with E-state index >= 15 is 0 Å². The number of hydrogen-bond acceptors (Lipinski definition) is 4. The summed E-state index contributed by atoms with van der Waals surface area (Å²) in [6, 6.07) is 13.8. The summed E-state index contributed by atoms with van der Waals surface area (Å²) in [5.74, 6) is -0.0507. The van der Waals surface area contributed by atoms with Gasteiger partial charge in [0.05, 0.1) is 21.5 Å². The minimum absolute atomic E-state index is 0.245. The van der Waals surface area contributed by atoms with Crippen molar-refractivity contribution < 1.29 is 9.18 Å². The second-order valence-electron chi connectivity index (χ2n) is 6.39. The number of fused-ring (bicyclic) bond motifs is 2. The van der Waals surface area contributed by atoms with E-state index in [0.29, 0.717) is 22.0 Å². The van der Waals surface area contributed by atoms with E-state index in [9.17, 15) is 9.18 Å². The Bertz CT molecular complexity index is 1350. The number of rotatable bonds is 3. The van der Waals surface area contributed by atoms with Gasteiger partial charge in [-0.15, -0.1) is 0 Å². The third-order valence-electron chi connectivity index (χ3n) is 4.43. The van der Waals surface area contributed by atoms with Gasteiger partial charge in [-0.1, -0.05) is 29.5 Å². The number of H-pyrrole nitrogens is 1. The van der Waals surface area contributed by atoms with Crippen LogP contribution in [0.4, 0.5) is 10.2 Å². The summed E-state index contributed by atoms with van der Waals surface area (Å²) in [6.45, 7) is 1.84. The molecule has 0 bridgehead atoms. The SMILES string of the molecule is Cc1cc(NC(=O)c2c[nH]c3ccccc23)n(-c2nc3ccc(F)cc3s2)n1. The highest BCUT2D eigenvalue weighted by atomic mass is 32.1. The van der Waals surface area contributed by atoms with Gasteiger partial charge in [0, 0.05) is 23.2 Å². The first-order valence-electron chi connectivity index (χ1n) is 8.59. The topological polar surface area (TPSA) is 75.6 Å². The molecule has 138 valence electrons. The number of aryl methyl sites for hydroxylation is 1. The molecule has 3 heterocycles. The molecule has 0 aliphatic heterocycles. The Morgan fingerprint density at radius 3 is 2.96 bits per heavy atom. The lowest BCUT2D eigenvalue weighted by atomic mass is 10.1. The Morgan fingerprint density at radius 1 is 1.21 bits per heavy atom. The van der Waals surface area contributed by atoms with Crippen molar-refractivity contribution in [2.24, 2.45) is 0 Å². The monoisotopic (exact) mass is 391 g/mol. The first-order chi connectivity index (χ1) is 13.6. The zero-order chi connectivity index (χ0) is 19.3. The van der Waals surface area contributed by atoms with Crippen LogP contribution in [0.3, 0.4) is 0 Å². The molecule has 0 aliphatic carbocycles. The smallest absolute Gasteiger partial charge is 0.258 e. The van der Waals surface area contributed by atoms with Gasteiger partial charge in [-0.3, -0.25) is 4.79 Å². The number of halogens is 1. The molecule has 1 amide bonds. The fraction of sp³-hybridized carbons (Fsp3) is 0.0500. The Morgan fingerprint density at radius 2 is 2.07 bits per heavy atom. The molecule has 0 radical (unpaired) electrons. The highest BCUT2D eigenvalue weighted by Crippen LogP contribution is 2.28. The Hall–Kier alpha value is -3.52. The van der Waals surface area contributed by atoms with Gasteiger partial charge in [0.25, 0.3) is 5.91 Å². The van der Waals surface area contributed by atoms with Crippen LogP contribution in [-0.4, -0.2) is 25.7 Å². The van der Waals surface area contributed by atoms with Crippen LogP contribution in [0.15, 0.2) is 54.7 Å². The molecule has 0 aliphatic rings. The summed E-state index contributed by atoms with van der Waals surface area (Å²) >= 11 is 1.31. The molecule has 2 N–H and O–H groups in total. The number of hydrogen-bond donors (Lipinski definition) is 2. The van der Waals surface area contributed by atoms with Gasteiger partial charge < -0.3 is 10.3 Å². The van der Waals surface area contributed by atoms with E-state index in [4.69, 9.17) is 0 Å². The minimum atomic E-state index is -0.313. The molecule has 0 saturated carbocycles. The number of amides is 1. The number of aromatic amines is 1. The predicted molar refractivity (Wildman–Crippen MR) is 108 cm³/mol. The minimum Gasteiger partial charge on any atom is -0.360 e. The van der Waals surface area contributed by atoms with Crippen molar-refractivity contribution in [1.29, 1.82) is 0 Å². The van der Waals surface area contributed by atoms with Crippen LogP contribution >= 0.6 is 11.3 Å². The van der Waals surface area contributed by atoms with Gasteiger partial charge in [0.2, 0.25) is 5.13 Å². The number of nitrogens with zero attached hydrogens (tertiary/aromatic N) is 3. The average molecular weight is 391 g/mol. The lowest BCUT2D eigenvalue weighted by Crippen LogP contribution is -2.14. The Labute approximate surface area is 162 Å². The average Bonchev–Trinajstić information content (AvgIpc) is 3.37. The fourth-order valence-corrected chi connectivity index (χ4v) is 4.11. The predicted octanol–water partition coefficient (Wildman–Crippen LogP) is 4.66. The highest BCUT2D eigenvalue weighted by Gasteiger charge is 2.17.